The predicted molar refractivity (Wildman–Crippen MR) is 80.1 cm³/mol. The van der Waals surface area contributed by atoms with Crippen molar-refractivity contribution in [1.82, 2.24) is 0 Å². The number of ether oxygens (including phenoxy) is 1. The van der Waals surface area contributed by atoms with E-state index in [1.54, 1.807) is 4.90 Å². The summed E-state index contributed by atoms with van der Waals surface area (Å²) in [7, 11) is 0. The van der Waals surface area contributed by atoms with Gasteiger partial charge in [-0.05, 0) is 31.4 Å². The molecule has 1 aromatic rings. The van der Waals surface area contributed by atoms with Crippen LogP contribution in [0.4, 0.5) is 14.5 Å². The lowest BCUT2D eigenvalue weighted by atomic mass is 9.85. The Hall–Kier alpha value is -1.49. The van der Waals surface area contributed by atoms with Crippen molar-refractivity contribution in [2.24, 2.45) is 5.92 Å². The Bertz CT molecular complexity index is 505. The summed E-state index contributed by atoms with van der Waals surface area (Å²) in [5.74, 6) is -2.94. The van der Waals surface area contributed by atoms with Crippen LogP contribution in [0.2, 0.25) is 0 Å². The number of rotatable bonds is 3. The molecule has 1 amide bonds. The van der Waals surface area contributed by atoms with Gasteiger partial charge >= 0.3 is 0 Å². The summed E-state index contributed by atoms with van der Waals surface area (Å²) in [5.41, 5.74) is 0.834. The number of hydrogen-bond acceptors (Lipinski definition) is 2. The summed E-state index contributed by atoms with van der Waals surface area (Å²) >= 11 is 0. The van der Waals surface area contributed by atoms with Gasteiger partial charge in [-0.3, -0.25) is 4.79 Å². The van der Waals surface area contributed by atoms with E-state index in [4.69, 9.17) is 4.74 Å². The van der Waals surface area contributed by atoms with Gasteiger partial charge in [-0.25, -0.2) is 8.78 Å². The van der Waals surface area contributed by atoms with Crippen molar-refractivity contribution in [3.8, 4) is 0 Å². The van der Waals surface area contributed by atoms with Crippen molar-refractivity contribution in [3.63, 3.8) is 0 Å². The van der Waals surface area contributed by atoms with Crippen LogP contribution in [0.25, 0.3) is 0 Å². The number of amides is 1. The zero-order chi connectivity index (χ0) is 15.6. The van der Waals surface area contributed by atoms with E-state index in [0.717, 1.165) is 12.1 Å². The minimum Gasteiger partial charge on any atom is -0.379 e. The Balaban J connectivity index is 1.78. The van der Waals surface area contributed by atoms with Gasteiger partial charge in [-0.1, -0.05) is 18.2 Å². The van der Waals surface area contributed by atoms with Crippen molar-refractivity contribution >= 4 is 11.6 Å². The van der Waals surface area contributed by atoms with Crippen molar-refractivity contribution in [2.75, 3.05) is 18.1 Å². The predicted octanol–water partition coefficient (Wildman–Crippen LogP) is 3.63. The van der Waals surface area contributed by atoms with Crippen LogP contribution in [-0.4, -0.2) is 31.1 Å². The monoisotopic (exact) mass is 309 g/mol. The first kappa shape index (κ1) is 15.4. The molecule has 0 N–H and O–H groups in total. The summed E-state index contributed by atoms with van der Waals surface area (Å²) in [4.78, 5) is 14.7. The lowest BCUT2D eigenvalue weighted by Crippen LogP contribution is -2.45. The zero-order valence-corrected chi connectivity index (χ0v) is 12.5. The van der Waals surface area contributed by atoms with Gasteiger partial charge in [-0.2, -0.15) is 0 Å². The van der Waals surface area contributed by atoms with E-state index in [-0.39, 0.29) is 43.6 Å². The highest BCUT2D eigenvalue weighted by atomic mass is 19.3. The van der Waals surface area contributed by atoms with Gasteiger partial charge in [0.2, 0.25) is 11.8 Å². The molecule has 0 aromatic heterocycles. The molecule has 0 spiro atoms. The third-order valence-electron chi connectivity index (χ3n) is 4.61. The van der Waals surface area contributed by atoms with E-state index in [0.29, 0.717) is 13.2 Å². The SMILES string of the molecule is O=C(C1CCC(F)(F)CC1)N(c1ccccc1)C1CCOC1. The topological polar surface area (TPSA) is 29.5 Å². The number of carbonyl (C=O) groups excluding carboxylic acids is 1. The molecule has 3 nitrogen and oxygen atoms in total. The van der Waals surface area contributed by atoms with Crippen LogP contribution in [0.15, 0.2) is 30.3 Å². The third-order valence-corrected chi connectivity index (χ3v) is 4.61. The number of halogens is 2. The van der Waals surface area contributed by atoms with Gasteiger partial charge in [0.1, 0.15) is 0 Å². The van der Waals surface area contributed by atoms with Crippen LogP contribution in [0.3, 0.4) is 0 Å². The molecule has 1 aromatic carbocycles. The molecule has 0 bridgehead atoms. The fourth-order valence-corrected chi connectivity index (χ4v) is 3.32. The number of anilines is 1. The molecule has 1 atom stereocenters. The summed E-state index contributed by atoms with van der Waals surface area (Å²) in [6.07, 6.45) is 0.954. The molecule has 5 heteroatoms. The molecule has 1 aliphatic heterocycles. The number of nitrogens with zero attached hydrogens (tertiary/aromatic N) is 1. The molecule has 1 heterocycles. The summed E-state index contributed by atoms with van der Waals surface area (Å²) in [6, 6.07) is 9.48. The highest BCUT2D eigenvalue weighted by molar-refractivity contribution is 5.95. The Morgan fingerprint density at radius 1 is 1.14 bits per heavy atom. The van der Waals surface area contributed by atoms with Crippen LogP contribution in [0.5, 0.6) is 0 Å². The quantitative estimate of drug-likeness (QED) is 0.853. The van der Waals surface area contributed by atoms with E-state index >= 15 is 0 Å². The lowest BCUT2D eigenvalue weighted by molar-refractivity contribution is -0.127. The molecule has 1 saturated heterocycles. The highest BCUT2D eigenvalue weighted by Gasteiger charge is 2.40. The minimum absolute atomic E-state index is 0.0114. The smallest absolute Gasteiger partial charge is 0.248 e. The normalized spacial score (nSPS) is 25.1. The molecule has 1 unspecified atom stereocenters. The second-order valence-electron chi connectivity index (χ2n) is 6.19. The summed E-state index contributed by atoms with van der Waals surface area (Å²) in [5, 5.41) is 0. The van der Waals surface area contributed by atoms with E-state index < -0.39 is 5.92 Å². The summed E-state index contributed by atoms with van der Waals surface area (Å²) < 4.78 is 32.1. The van der Waals surface area contributed by atoms with Crippen LogP contribution >= 0.6 is 0 Å². The standard InChI is InChI=1S/C17H21F2NO2/c18-17(19)9-6-13(7-10-17)16(21)20(15-8-11-22-12-15)14-4-2-1-3-5-14/h1-5,13,15H,6-12H2. The van der Waals surface area contributed by atoms with Gasteiger partial charge in [-0.15, -0.1) is 0 Å². The molecule has 0 radical (unpaired) electrons. The van der Waals surface area contributed by atoms with Crippen molar-refractivity contribution < 1.29 is 18.3 Å². The molecule has 2 aliphatic rings. The lowest BCUT2D eigenvalue weighted by Gasteiger charge is -2.34. The van der Waals surface area contributed by atoms with E-state index in [2.05, 4.69) is 0 Å². The highest BCUT2D eigenvalue weighted by Crippen LogP contribution is 2.38. The fraction of sp³-hybridized carbons (Fsp3) is 0.588. The van der Waals surface area contributed by atoms with Gasteiger partial charge < -0.3 is 9.64 Å². The molecular weight excluding hydrogens is 288 g/mol. The van der Waals surface area contributed by atoms with Crippen LogP contribution in [-0.2, 0) is 9.53 Å². The second kappa shape index (κ2) is 6.32. The molecule has 3 rings (SSSR count). The Labute approximate surface area is 129 Å². The average Bonchev–Trinajstić information content (AvgIpc) is 3.02. The first-order chi connectivity index (χ1) is 10.6. The first-order valence-corrected chi connectivity index (χ1v) is 7.90. The van der Waals surface area contributed by atoms with Crippen LogP contribution in [0.1, 0.15) is 32.1 Å². The second-order valence-corrected chi connectivity index (χ2v) is 6.19. The van der Waals surface area contributed by atoms with Crippen LogP contribution in [0, 0.1) is 5.92 Å². The van der Waals surface area contributed by atoms with Gasteiger partial charge in [0.25, 0.3) is 0 Å². The number of para-hydroxylation sites is 1. The summed E-state index contributed by atoms with van der Waals surface area (Å²) in [6.45, 7) is 1.16. The number of hydrogen-bond donors (Lipinski definition) is 0. The molecule has 120 valence electrons. The molecule has 1 saturated carbocycles. The maximum Gasteiger partial charge on any atom is 0.248 e. The van der Waals surface area contributed by atoms with Crippen LogP contribution < -0.4 is 4.90 Å². The molecule has 2 fully saturated rings. The minimum atomic E-state index is -2.61. The molecule has 22 heavy (non-hydrogen) atoms. The Kier molecular flexibility index (Phi) is 4.43. The van der Waals surface area contributed by atoms with E-state index in [9.17, 15) is 13.6 Å². The Morgan fingerprint density at radius 3 is 2.41 bits per heavy atom. The fourth-order valence-electron chi connectivity index (χ4n) is 3.32. The van der Waals surface area contributed by atoms with Crippen molar-refractivity contribution in [1.29, 1.82) is 0 Å². The first-order valence-electron chi connectivity index (χ1n) is 7.90. The molecular formula is C17H21F2NO2. The maximum atomic E-state index is 13.3. The van der Waals surface area contributed by atoms with Gasteiger partial charge in [0.05, 0.1) is 12.6 Å². The number of benzene rings is 1. The number of carbonyl (C=O) groups is 1. The Morgan fingerprint density at radius 2 is 1.82 bits per heavy atom. The van der Waals surface area contributed by atoms with E-state index in [1.165, 1.54) is 0 Å². The van der Waals surface area contributed by atoms with Gasteiger partial charge in [0.15, 0.2) is 0 Å². The van der Waals surface area contributed by atoms with E-state index in [1.807, 2.05) is 30.3 Å². The largest absolute Gasteiger partial charge is 0.379 e. The number of alkyl halides is 2. The zero-order valence-electron chi connectivity index (χ0n) is 12.5. The third kappa shape index (κ3) is 3.29. The van der Waals surface area contributed by atoms with Gasteiger partial charge in [0, 0.05) is 31.1 Å². The van der Waals surface area contributed by atoms with Crippen molar-refractivity contribution in [3.05, 3.63) is 30.3 Å². The maximum absolute atomic E-state index is 13.3. The average molecular weight is 309 g/mol. The molecule has 1 aliphatic carbocycles. The van der Waals surface area contributed by atoms with Crippen molar-refractivity contribution in [2.45, 2.75) is 44.1 Å².